The van der Waals surface area contributed by atoms with E-state index in [0.717, 1.165) is 6.42 Å². The van der Waals surface area contributed by atoms with E-state index in [1.165, 1.54) is 0 Å². The summed E-state index contributed by atoms with van der Waals surface area (Å²) >= 11 is 0. The van der Waals surface area contributed by atoms with Crippen LogP contribution in [0.2, 0.25) is 0 Å². The summed E-state index contributed by atoms with van der Waals surface area (Å²) in [6, 6.07) is 8.67. The van der Waals surface area contributed by atoms with E-state index in [2.05, 4.69) is 0 Å². The average molecular weight is 230 g/mol. The fourth-order valence-electron chi connectivity index (χ4n) is 2.25. The molecule has 0 bridgehead atoms. The summed E-state index contributed by atoms with van der Waals surface area (Å²) < 4.78 is 0. The quantitative estimate of drug-likeness (QED) is 0.748. The maximum Gasteiger partial charge on any atom is 0.185 e. The van der Waals surface area contributed by atoms with Crippen molar-refractivity contribution in [2.45, 2.75) is 30.9 Å². The van der Waals surface area contributed by atoms with E-state index in [4.69, 9.17) is 11.0 Å². The van der Waals surface area contributed by atoms with Gasteiger partial charge in [-0.1, -0.05) is 12.1 Å². The number of hydrogen-bond acceptors (Lipinski definition) is 4. The smallest absolute Gasteiger partial charge is 0.185 e. The Hall–Kier alpha value is -1.70. The Balaban J connectivity index is 2.36. The van der Waals surface area contributed by atoms with Gasteiger partial charge in [0, 0.05) is 0 Å². The van der Waals surface area contributed by atoms with E-state index in [9.17, 15) is 9.90 Å². The number of hydrogen-bond donors (Lipinski definition) is 2. The van der Waals surface area contributed by atoms with Crippen molar-refractivity contribution in [3.8, 4) is 6.07 Å². The second kappa shape index (κ2) is 4.28. The highest BCUT2D eigenvalue weighted by Crippen LogP contribution is 2.32. The second-order valence-electron chi connectivity index (χ2n) is 4.43. The Morgan fingerprint density at radius 2 is 2.06 bits per heavy atom. The van der Waals surface area contributed by atoms with Gasteiger partial charge in [-0.3, -0.25) is 4.79 Å². The number of aliphatic hydroxyl groups excluding tert-OH is 1. The maximum atomic E-state index is 12.0. The molecule has 0 heterocycles. The molecule has 1 aliphatic carbocycles. The molecule has 17 heavy (non-hydrogen) atoms. The van der Waals surface area contributed by atoms with Gasteiger partial charge in [-0.15, -0.1) is 0 Å². The Morgan fingerprint density at radius 3 is 2.65 bits per heavy atom. The predicted octanol–water partition coefficient (Wildman–Crippen LogP) is 0.826. The van der Waals surface area contributed by atoms with Crippen molar-refractivity contribution in [1.82, 2.24) is 0 Å². The lowest BCUT2D eigenvalue weighted by molar-refractivity contribution is -0.136. The number of nitriles is 1. The Kier molecular flexibility index (Phi) is 2.97. The number of rotatable bonds is 1. The van der Waals surface area contributed by atoms with Crippen LogP contribution in [0.3, 0.4) is 0 Å². The molecular weight excluding hydrogens is 216 g/mol. The second-order valence-corrected chi connectivity index (χ2v) is 4.43. The Labute approximate surface area is 99.7 Å². The van der Waals surface area contributed by atoms with Crippen LogP contribution in [0.4, 0.5) is 0 Å². The van der Waals surface area contributed by atoms with Crippen molar-refractivity contribution < 1.29 is 9.90 Å². The Morgan fingerprint density at radius 1 is 1.41 bits per heavy atom. The summed E-state index contributed by atoms with van der Waals surface area (Å²) in [6.07, 6.45) is 0.774. The van der Waals surface area contributed by atoms with Crippen molar-refractivity contribution in [2.75, 3.05) is 0 Å². The van der Waals surface area contributed by atoms with Crippen LogP contribution < -0.4 is 5.73 Å². The number of nitrogens with zero attached hydrogens (tertiary/aromatic N) is 1. The molecule has 0 spiro atoms. The number of carbonyl (C=O) groups excluding carboxylic acids is 1. The van der Waals surface area contributed by atoms with Gasteiger partial charge in [0.15, 0.2) is 5.78 Å². The van der Waals surface area contributed by atoms with Gasteiger partial charge in [0.05, 0.1) is 11.6 Å². The van der Waals surface area contributed by atoms with Crippen molar-refractivity contribution >= 4 is 5.78 Å². The molecule has 0 saturated heterocycles. The third-order valence-corrected chi connectivity index (χ3v) is 3.32. The lowest BCUT2D eigenvalue weighted by Crippen LogP contribution is -2.52. The summed E-state index contributed by atoms with van der Waals surface area (Å²) in [5, 5.41) is 18.3. The fourth-order valence-corrected chi connectivity index (χ4v) is 2.25. The van der Waals surface area contributed by atoms with E-state index in [0.29, 0.717) is 24.0 Å². The molecule has 2 rings (SSSR count). The van der Waals surface area contributed by atoms with E-state index >= 15 is 0 Å². The van der Waals surface area contributed by atoms with Crippen molar-refractivity contribution in [2.24, 2.45) is 5.73 Å². The number of benzene rings is 1. The molecule has 1 aromatic carbocycles. The highest BCUT2D eigenvalue weighted by atomic mass is 16.3. The molecule has 88 valence electrons. The summed E-state index contributed by atoms with van der Waals surface area (Å²) in [6.45, 7) is 0. The molecule has 0 radical (unpaired) electrons. The van der Waals surface area contributed by atoms with Crippen molar-refractivity contribution in [3.63, 3.8) is 0 Å². The van der Waals surface area contributed by atoms with Crippen LogP contribution in [0.5, 0.6) is 0 Å². The zero-order valence-electron chi connectivity index (χ0n) is 9.39. The lowest BCUT2D eigenvalue weighted by Gasteiger charge is -2.34. The molecule has 0 aromatic heterocycles. The lowest BCUT2D eigenvalue weighted by atomic mass is 9.75. The SMILES string of the molecule is N#Cc1ccc(C2(N)CCCC(O)C2=O)cc1. The number of carbonyl (C=O) groups is 1. The monoisotopic (exact) mass is 230 g/mol. The Bertz CT molecular complexity index is 475. The van der Waals surface area contributed by atoms with E-state index in [1.54, 1.807) is 24.3 Å². The summed E-state index contributed by atoms with van der Waals surface area (Å²) in [7, 11) is 0. The first kappa shape index (κ1) is 11.8. The van der Waals surface area contributed by atoms with Gasteiger partial charge < -0.3 is 10.8 Å². The van der Waals surface area contributed by atoms with Crippen LogP contribution in [0, 0.1) is 11.3 Å². The number of Topliss-reactive ketones (excluding diaryl/α,β-unsaturated/α-hetero) is 1. The highest BCUT2D eigenvalue weighted by Gasteiger charge is 2.42. The largest absolute Gasteiger partial charge is 0.385 e. The molecule has 4 heteroatoms. The molecular formula is C13H14N2O2. The molecule has 4 nitrogen and oxygen atoms in total. The van der Waals surface area contributed by atoms with Crippen LogP contribution in [-0.4, -0.2) is 17.0 Å². The minimum atomic E-state index is -1.11. The first-order valence-electron chi connectivity index (χ1n) is 5.60. The third kappa shape index (κ3) is 1.95. The molecule has 1 fully saturated rings. The summed E-state index contributed by atoms with van der Waals surface area (Å²) in [5.74, 6) is -0.326. The van der Waals surface area contributed by atoms with Crippen molar-refractivity contribution in [3.05, 3.63) is 35.4 Å². The molecule has 1 aromatic rings. The predicted molar refractivity (Wildman–Crippen MR) is 61.9 cm³/mol. The molecule has 0 amide bonds. The van der Waals surface area contributed by atoms with Gasteiger partial charge >= 0.3 is 0 Å². The normalized spacial score (nSPS) is 28.8. The van der Waals surface area contributed by atoms with Gasteiger partial charge in [-0.05, 0) is 37.0 Å². The molecule has 0 aliphatic heterocycles. The minimum Gasteiger partial charge on any atom is -0.385 e. The first-order chi connectivity index (χ1) is 8.08. The summed E-state index contributed by atoms with van der Waals surface area (Å²) in [4.78, 5) is 12.0. The molecule has 2 atom stereocenters. The van der Waals surface area contributed by atoms with Crippen LogP contribution >= 0.6 is 0 Å². The fraction of sp³-hybridized carbons (Fsp3) is 0.385. The maximum absolute atomic E-state index is 12.0. The third-order valence-electron chi connectivity index (χ3n) is 3.32. The van der Waals surface area contributed by atoms with E-state index in [1.807, 2.05) is 6.07 Å². The van der Waals surface area contributed by atoms with Crippen LogP contribution in [0.1, 0.15) is 30.4 Å². The molecule has 3 N–H and O–H groups in total. The minimum absolute atomic E-state index is 0.326. The standard InChI is InChI=1S/C13H14N2O2/c14-8-9-3-5-10(6-4-9)13(15)7-1-2-11(16)12(13)17/h3-6,11,16H,1-2,7,15H2. The molecule has 1 saturated carbocycles. The highest BCUT2D eigenvalue weighted by molar-refractivity contribution is 5.93. The van der Waals surface area contributed by atoms with Gasteiger partial charge in [0.25, 0.3) is 0 Å². The van der Waals surface area contributed by atoms with Gasteiger partial charge in [-0.25, -0.2) is 0 Å². The van der Waals surface area contributed by atoms with Gasteiger partial charge in [0.1, 0.15) is 11.6 Å². The van der Waals surface area contributed by atoms with Gasteiger partial charge in [-0.2, -0.15) is 5.26 Å². The topological polar surface area (TPSA) is 87.1 Å². The van der Waals surface area contributed by atoms with Crippen LogP contribution in [-0.2, 0) is 10.3 Å². The van der Waals surface area contributed by atoms with Crippen LogP contribution in [0.25, 0.3) is 0 Å². The van der Waals surface area contributed by atoms with E-state index < -0.39 is 11.6 Å². The molecule has 2 unspecified atom stereocenters. The average Bonchev–Trinajstić information content (AvgIpc) is 2.36. The van der Waals surface area contributed by atoms with E-state index in [-0.39, 0.29) is 5.78 Å². The van der Waals surface area contributed by atoms with Gasteiger partial charge in [0.2, 0.25) is 0 Å². The summed E-state index contributed by atoms with van der Waals surface area (Å²) in [5.41, 5.74) is 6.20. The number of ketones is 1. The first-order valence-corrected chi connectivity index (χ1v) is 5.60. The van der Waals surface area contributed by atoms with Crippen LogP contribution in [0.15, 0.2) is 24.3 Å². The number of aliphatic hydroxyl groups is 1. The zero-order chi connectivity index (χ0) is 12.5. The zero-order valence-corrected chi connectivity index (χ0v) is 9.39. The van der Waals surface area contributed by atoms with Crippen molar-refractivity contribution in [1.29, 1.82) is 5.26 Å². The molecule has 1 aliphatic rings. The number of nitrogens with two attached hydrogens (primary N) is 1.